The molecular formula is C44H41BrF2N12O3. The van der Waals surface area contributed by atoms with Crippen LogP contribution in [-0.2, 0) is 0 Å². The molecule has 2 aliphatic heterocycles. The number of nitrogens with two attached hydrogens (primary N) is 1. The Morgan fingerprint density at radius 1 is 0.661 bits per heavy atom. The van der Waals surface area contributed by atoms with Gasteiger partial charge in [-0.05, 0) is 62.1 Å². The molecule has 2 fully saturated rings. The number of carbonyl (C=O) groups is 3. The highest BCUT2D eigenvalue weighted by Gasteiger charge is 2.21. The molecule has 2 saturated heterocycles. The lowest BCUT2D eigenvalue weighted by atomic mass is 10.1. The molecule has 62 heavy (non-hydrogen) atoms. The highest BCUT2D eigenvalue weighted by molar-refractivity contribution is 9.09. The minimum absolute atomic E-state index is 0.0175. The molecule has 4 aromatic carbocycles. The van der Waals surface area contributed by atoms with Crippen molar-refractivity contribution in [3.8, 4) is 33.8 Å². The number of halogens is 3. The minimum Gasteiger partial charge on any atom is -0.366 e. The molecule has 316 valence electrons. The van der Waals surface area contributed by atoms with Crippen LogP contribution in [0.4, 0.5) is 35.7 Å². The SMILES string of the molecule is Nc1ncc(-c2ccccc2)nn1.O=C(CBr)c1cc(NC(=O)N2CCCC2)ccc1F.O=C(Nc1ccc(F)c(-c2cn3nc(-c4ccccc4)cnc3n2)c1)N1CCCC1. The topological polar surface area (TPSA) is 190 Å². The molecule has 4 N–H and O–H groups in total. The molecule has 0 radical (unpaired) electrons. The van der Waals surface area contributed by atoms with Gasteiger partial charge in [0.15, 0.2) is 5.78 Å². The van der Waals surface area contributed by atoms with E-state index in [-0.39, 0.29) is 40.3 Å². The summed E-state index contributed by atoms with van der Waals surface area (Å²) in [7, 11) is 0. The summed E-state index contributed by atoms with van der Waals surface area (Å²) < 4.78 is 29.6. The summed E-state index contributed by atoms with van der Waals surface area (Å²) in [5, 5.41) is 17.7. The number of ketones is 1. The Labute approximate surface area is 363 Å². The van der Waals surface area contributed by atoms with E-state index in [1.54, 1.807) is 40.5 Å². The number of nitrogen functional groups attached to an aromatic ring is 1. The van der Waals surface area contributed by atoms with Crippen LogP contribution in [0.5, 0.6) is 0 Å². The number of nitrogens with zero attached hydrogens (tertiary/aromatic N) is 9. The van der Waals surface area contributed by atoms with Crippen molar-refractivity contribution in [1.82, 2.24) is 44.6 Å². The molecule has 15 nitrogen and oxygen atoms in total. The van der Waals surface area contributed by atoms with Crippen LogP contribution in [0.1, 0.15) is 36.0 Å². The maximum Gasteiger partial charge on any atom is 0.321 e. The van der Waals surface area contributed by atoms with E-state index in [2.05, 4.69) is 56.8 Å². The predicted molar refractivity (Wildman–Crippen MR) is 235 cm³/mol. The van der Waals surface area contributed by atoms with E-state index in [9.17, 15) is 23.2 Å². The molecule has 5 heterocycles. The van der Waals surface area contributed by atoms with Gasteiger partial charge in [0.05, 0.1) is 35.2 Å². The van der Waals surface area contributed by atoms with Gasteiger partial charge in [0, 0.05) is 54.2 Å². The minimum atomic E-state index is -0.580. The normalized spacial score (nSPS) is 13.1. The number of likely N-dealkylation sites (tertiary alicyclic amines) is 2. The standard InChI is InChI=1S/C22H19FN6O.C13H14BrFN2O2.C9H8N4/c23-18-9-8-16(25-22(30)28-10-4-5-11-28)12-17(18)20-14-29-21(26-20)24-13-19(27-29)15-6-2-1-3-7-15;14-8-12(18)10-7-9(3-4-11(10)15)16-13(19)17-5-1-2-6-17;10-9-11-6-8(12-13-9)7-4-2-1-3-5-7/h1-3,6-9,12-14H,4-5,10-11H2,(H,25,30);3-4,7H,1-2,5-6,8H2,(H,16,19);1-6H,(H2,10,11,13). The number of imidazole rings is 1. The van der Waals surface area contributed by atoms with Crippen LogP contribution < -0.4 is 16.4 Å². The average molecular weight is 904 g/mol. The number of urea groups is 2. The maximum absolute atomic E-state index is 14.6. The maximum atomic E-state index is 14.6. The van der Waals surface area contributed by atoms with Crippen molar-refractivity contribution < 1.29 is 23.2 Å². The average Bonchev–Trinajstić information content (AvgIpc) is 4.13. The first kappa shape index (κ1) is 42.9. The Morgan fingerprint density at radius 3 is 1.77 bits per heavy atom. The molecule has 18 heteroatoms. The molecule has 0 aliphatic carbocycles. The summed E-state index contributed by atoms with van der Waals surface area (Å²) in [6.45, 7) is 2.96. The quantitative estimate of drug-likeness (QED) is 0.104. The third-order valence-corrected chi connectivity index (χ3v) is 10.3. The Balaban J connectivity index is 0.000000154. The number of rotatable bonds is 7. The number of fused-ring (bicyclic) bond motifs is 1. The summed E-state index contributed by atoms with van der Waals surface area (Å²) in [4.78, 5) is 51.8. The second-order valence-electron chi connectivity index (χ2n) is 14.1. The molecule has 0 bridgehead atoms. The van der Waals surface area contributed by atoms with Gasteiger partial charge >= 0.3 is 12.1 Å². The van der Waals surface area contributed by atoms with E-state index in [0.717, 1.165) is 68.7 Å². The van der Waals surface area contributed by atoms with Crippen molar-refractivity contribution >= 4 is 56.9 Å². The Bertz CT molecular complexity index is 2640. The van der Waals surface area contributed by atoms with Gasteiger partial charge in [-0.1, -0.05) is 76.6 Å². The molecule has 4 amide bonds. The van der Waals surface area contributed by atoms with Crippen LogP contribution in [0.3, 0.4) is 0 Å². The molecular weight excluding hydrogens is 862 g/mol. The predicted octanol–water partition coefficient (Wildman–Crippen LogP) is 8.38. The number of alkyl halides is 1. The van der Waals surface area contributed by atoms with Crippen LogP contribution in [0.2, 0.25) is 0 Å². The zero-order valence-electron chi connectivity index (χ0n) is 33.3. The first-order chi connectivity index (χ1) is 30.1. The molecule has 0 atom stereocenters. The second kappa shape index (κ2) is 20.4. The zero-order valence-corrected chi connectivity index (χ0v) is 34.9. The highest BCUT2D eigenvalue weighted by atomic mass is 79.9. The first-order valence-electron chi connectivity index (χ1n) is 19.7. The number of amides is 4. The number of Topliss-reactive ketones (excluding diaryl/α,β-unsaturated/α-hetero) is 1. The summed E-state index contributed by atoms with van der Waals surface area (Å²) >= 11 is 3.00. The molecule has 7 aromatic rings. The van der Waals surface area contributed by atoms with Crippen molar-refractivity contribution in [2.24, 2.45) is 0 Å². The molecule has 3 aromatic heterocycles. The van der Waals surface area contributed by atoms with E-state index >= 15 is 0 Å². The number of carbonyl (C=O) groups excluding carboxylic acids is 3. The van der Waals surface area contributed by atoms with Gasteiger partial charge in [0.25, 0.3) is 5.78 Å². The summed E-state index contributed by atoms with van der Waals surface area (Å²) in [5.74, 6) is -0.797. The van der Waals surface area contributed by atoms with Crippen LogP contribution in [-0.4, -0.2) is 93.9 Å². The lowest BCUT2D eigenvalue weighted by Crippen LogP contribution is -2.32. The first-order valence-corrected chi connectivity index (χ1v) is 20.9. The van der Waals surface area contributed by atoms with Crippen LogP contribution in [0.15, 0.2) is 116 Å². The fourth-order valence-electron chi connectivity index (χ4n) is 6.61. The van der Waals surface area contributed by atoms with Crippen molar-refractivity contribution in [1.29, 1.82) is 0 Å². The molecule has 9 rings (SSSR count). The summed E-state index contributed by atoms with van der Waals surface area (Å²) in [6.07, 6.45) is 8.92. The van der Waals surface area contributed by atoms with E-state index < -0.39 is 11.6 Å². The third kappa shape index (κ3) is 10.9. The third-order valence-electron chi connectivity index (χ3n) is 9.83. The Morgan fingerprint density at radius 2 is 1.21 bits per heavy atom. The Kier molecular flexibility index (Phi) is 14.1. The summed E-state index contributed by atoms with van der Waals surface area (Å²) in [6, 6.07) is 27.5. The number of anilines is 3. The Hall–Kier alpha value is -7.21. The number of hydrogen-bond acceptors (Lipinski definition) is 10. The van der Waals surface area contributed by atoms with E-state index in [1.807, 2.05) is 60.7 Å². The fraction of sp³-hybridized carbons (Fsp3) is 0.205. The highest BCUT2D eigenvalue weighted by Crippen LogP contribution is 2.27. The van der Waals surface area contributed by atoms with Crippen molar-refractivity contribution in [2.75, 3.05) is 47.9 Å². The van der Waals surface area contributed by atoms with Crippen molar-refractivity contribution in [3.05, 3.63) is 133 Å². The number of hydrogen-bond donors (Lipinski definition) is 3. The van der Waals surface area contributed by atoms with Gasteiger partial charge in [-0.15, -0.1) is 10.2 Å². The van der Waals surface area contributed by atoms with Crippen LogP contribution in [0, 0.1) is 11.6 Å². The van der Waals surface area contributed by atoms with Crippen LogP contribution in [0.25, 0.3) is 39.5 Å². The second-order valence-corrected chi connectivity index (χ2v) is 14.7. The molecule has 0 spiro atoms. The smallest absolute Gasteiger partial charge is 0.321 e. The van der Waals surface area contributed by atoms with Crippen LogP contribution >= 0.6 is 15.9 Å². The number of aromatic nitrogens is 7. The van der Waals surface area contributed by atoms with Gasteiger partial charge in [-0.3, -0.25) is 4.79 Å². The van der Waals surface area contributed by atoms with Gasteiger partial charge in [0.2, 0.25) is 5.95 Å². The lowest BCUT2D eigenvalue weighted by Gasteiger charge is -2.16. The number of benzene rings is 4. The largest absolute Gasteiger partial charge is 0.366 e. The zero-order chi connectivity index (χ0) is 43.4. The van der Waals surface area contributed by atoms with E-state index in [1.165, 1.54) is 28.8 Å². The van der Waals surface area contributed by atoms with Crippen molar-refractivity contribution in [3.63, 3.8) is 0 Å². The molecule has 0 saturated carbocycles. The lowest BCUT2D eigenvalue weighted by molar-refractivity contribution is 0.102. The summed E-state index contributed by atoms with van der Waals surface area (Å²) in [5.41, 5.74) is 10.3. The molecule has 0 unspecified atom stereocenters. The van der Waals surface area contributed by atoms with E-state index in [4.69, 9.17) is 5.73 Å². The van der Waals surface area contributed by atoms with Gasteiger partial charge < -0.3 is 26.2 Å². The molecule has 2 aliphatic rings. The van der Waals surface area contributed by atoms with Gasteiger partial charge in [0.1, 0.15) is 23.0 Å². The van der Waals surface area contributed by atoms with E-state index in [0.29, 0.717) is 28.5 Å². The van der Waals surface area contributed by atoms with Gasteiger partial charge in [-0.25, -0.2) is 37.8 Å². The monoisotopic (exact) mass is 902 g/mol. The number of nitrogens with one attached hydrogen (secondary N) is 2. The van der Waals surface area contributed by atoms with Crippen molar-refractivity contribution in [2.45, 2.75) is 25.7 Å². The van der Waals surface area contributed by atoms with Gasteiger partial charge in [-0.2, -0.15) is 5.10 Å². The fourth-order valence-corrected chi connectivity index (χ4v) is 6.92.